The van der Waals surface area contributed by atoms with E-state index < -0.39 is 0 Å². The molecule has 2 N–H and O–H groups in total. The van der Waals surface area contributed by atoms with Crippen molar-refractivity contribution in [1.29, 1.82) is 0 Å². The van der Waals surface area contributed by atoms with Gasteiger partial charge in [-0.25, -0.2) is 0 Å². The minimum atomic E-state index is -0.357. The van der Waals surface area contributed by atoms with Gasteiger partial charge in [0.1, 0.15) is 6.54 Å². The minimum absolute atomic E-state index is 0.00495. The van der Waals surface area contributed by atoms with Gasteiger partial charge in [-0.2, -0.15) is 4.80 Å². The van der Waals surface area contributed by atoms with Crippen molar-refractivity contribution >= 4 is 27.7 Å². The second-order valence-corrected chi connectivity index (χ2v) is 6.65. The molecule has 0 aliphatic carbocycles. The van der Waals surface area contributed by atoms with Crippen molar-refractivity contribution in [2.45, 2.75) is 19.4 Å². The highest BCUT2D eigenvalue weighted by Crippen LogP contribution is 2.18. The first-order valence-electron chi connectivity index (χ1n) is 7.64. The van der Waals surface area contributed by atoms with Gasteiger partial charge < -0.3 is 10.6 Å². The Kier molecular flexibility index (Phi) is 4.89. The minimum Gasteiger partial charge on any atom is -0.369 e. The van der Waals surface area contributed by atoms with E-state index in [4.69, 9.17) is 5.73 Å². The van der Waals surface area contributed by atoms with Crippen LogP contribution in [0.3, 0.4) is 0 Å². The van der Waals surface area contributed by atoms with Crippen LogP contribution in [-0.2, 0) is 16.1 Å². The number of nitrogens with two attached hydrogens (primary N) is 1. The Morgan fingerprint density at radius 2 is 2.04 bits per heavy atom. The van der Waals surface area contributed by atoms with Crippen LogP contribution in [0.2, 0.25) is 0 Å². The zero-order valence-electron chi connectivity index (χ0n) is 12.9. The number of halogens is 1. The van der Waals surface area contributed by atoms with Crippen LogP contribution in [0.4, 0.5) is 0 Å². The van der Waals surface area contributed by atoms with Crippen LogP contribution in [0.15, 0.2) is 28.7 Å². The monoisotopic (exact) mass is 392 g/mol. The lowest BCUT2D eigenvalue weighted by Gasteiger charge is -2.30. The number of piperidine rings is 1. The van der Waals surface area contributed by atoms with Crippen molar-refractivity contribution in [2.75, 3.05) is 13.1 Å². The van der Waals surface area contributed by atoms with Gasteiger partial charge in [-0.05, 0) is 42.3 Å². The van der Waals surface area contributed by atoms with Gasteiger partial charge in [-0.3, -0.25) is 9.59 Å². The van der Waals surface area contributed by atoms with E-state index in [1.807, 2.05) is 24.3 Å². The van der Waals surface area contributed by atoms with Crippen molar-refractivity contribution in [3.05, 3.63) is 28.7 Å². The fraction of sp³-hybridized carbons (Fsp3) is 0.400. The third kappa shape index (κ3) is 3.78. The predicted molar refractivity (Wildman–Crippen MR) is 89.5 cm³/mol. The number of aromatic nitrogens is 4. The summed E-state index contributed by atoms with van der Waals surface area (Å²) < 4.78 is 0.961. The number of amides is 2. The molecule has 1 unspecified atom stereocenters. The molecule has 2 amide bonds. The molecule has 2 aromatic rings. The van der Waals surface area contributed by atoms with Crippen molar-refractivity contribution in [2.24, 2.45) is 11.7 Å². The molecule has 1 saturated heterocycles. The fourth-order valence-corrected chi connectivity index (χ4v) is 2.95. The second kappa shape index (κ2) is 7.08. The number of carbonyl (C=O) groups excluding carboxylic acids is 2. The summed E-state index contributed by atoms with van der Waals surface area (Å²) in [5, 5.41) is 12.1. The third-order valence-corrected chi connectivity index (χ3v) is 4.54. The predicted octanol–water partition coefficient (Wildman–Crippen LogP) is 0.826. The molecule has 1 aliphatic heterocycles. The maximum Gasteiger partial charge on any atom is 0.246 e. The van der Waals surface area contributed by atoms with Crippen molar-refractivity contribution < 1.29 is 9.59 Å². The van der Waals surface area contributed by atoms with Crippen molar-refractivity contribution in [1.82, 2.24) is 25.1 Å². The molecule has 126 valence electrons. The first-order chi connectivity index (χ1) is 11.5. The molecule has 3 rings (SSSR count). The first-order valence-corrected chi connectivity index (χ1v) is 8.43. The molecule has 1 aliphatic rings. The molecule has 8 nitrogen and oxygen atoms in total. The number of tetrazole rings is 1. The van der Waals surface area contributed by atoms with E-state index in [9.17, 15) is 9.59 Å². The van der Waals surface area contributed by atoms with E-state index in [1.165, 1.54) is 4.80 Å². The number of nitrogens with zero attached hydrogens (tertiary/aromatic N) is 5. The summed E-state index contributed by atoms with van der Waals surface area (Å²) in [5.74, 6) is -0.307. The van der Waals surface area contributed by atoms with Crippen LogP contribution in [0.1, 0.15) is 12.8 Å². The van der Waals surface area contributed by atoms with Crippen LogP contribution in [0.25, 0.3) is 11.4 Å². The third-order valence-electron chi connectivity index (χ3n) is 4.01. The van der Waals surface area contributed by atoms with Crippen LogP contribution >= 0.6 is 15.9 Å². The van der Waals surface area contributed by atoms with E-state index >= 15 is 0 Å². The zero-order valence-corrected chi connectivity index (χ0v) is 14.5. The molecule has 1 atom stereocenters. The molecule has 2 heterocycles. The standard InChI is InChI=1S/C15H17BrN6O2/c16-12-5-3-10(4-6-12)15-18-20-22(19-15)9-13(23)21-7-1-2-11(8-21)14(17)24/h3-6,11H,1-2,7-9H2,(H2,17,24). The summed E-state index contributed by atoms with van der Waals surface area (Å²) in [4.78, 5) is 26.6. The molecular weight excluding hydrogens is 376 g/mol. The average Bonchev–Trinajstić information content (AvgIpc) is 3.04. The van der Waals surface area contributed by atoms with Gasteiger partial charge >= 0.3 is 0 Å². The summed E-state index contributed by atoms with van der Waals surface area (Å²) in [7, 11) is 0. The van der Waals surface area contributed by atoms with E-state index in [2.05, 4.69) is 31.3 Å². The van der Waals surface area contributed by atoms with Gasteiger partial charge in [0.15, 0.2) is 0 Å². The Hall–Kier alpha value is -2.29. The number of primary amides is 1. The number of benzene rings is 1. The largest absolute Gasteiger partial charge is 0.369 e. The molecule has 1 fully saturated rings. The lowest BCUT2D eigenvalue weighted by Crippen LogP contribution is -2.45. The Balaban J connectivity index is 1.65. The average molecular weight is 393 g/mol. The fourth-order valence-electron chi connectivity index (χ4n) is 2.68. The normalized spacial score (nSPS) is 17.7. The van der Waals surface area contributed by atoms with E-state index in [-0.39, 0.29) is 24.3 Å². The topological polar surface area (TPSA) is 107 Å². The van der Waals surface area contributed by atoms with Gasteiger partial charge in [-0.15, -0.1) is 10.2 Å². The Bertz CT molecular complexity index is 745. The summed E-state index contributed by atoms with van der Waals surface area (Å²) in [6.07, 6.45) is 1.50. The molecule has 9 heteroatoms. The van der Waals surface area contributed by atoms with E-state index in [0.29, 0.717) is 18.9 Å². The molecule has 1 aromatic carbocycles. The van der Waals surface area contributed by atoms with Crippen LogP contribution in [-0.4, -0.2) is 50.0 Å². The van der Waals surface area contributed by atoms with Crippen LogP contribution < -0.4 is 5.73 Å². The smallest absolute Gasteiger partial charge is 0.246 e. The number of hydrogen-bond acceptors (Lipinski definition) is 5. The highest BCUT2D eigenvalue weighted by Gasteiger charge is 2.27. The Labute approximate surface area is 147 Å². The van der Waals surface area contributed by atoms with Gasteiger partial charge in [-0.1, -0.05) is 15.9 Å². The van der Waals surface area contributed by atoms with E-state index in [1.54, 1.807) is 4.90 Å². The lowest BCUT2D eigenvalue weighted by atomic mass is 9.97. The highest BCUT2D eigenvalue weighted by molar-refractivity contribution is 9.10. The molecule has 0 bridgehead atoms. The molecule has 0 saturated carbocycles. The van der Waals surface area contributed by atoms with Crippen molar-refractivity contribution in [3.8, 4) is 11.4 Å². The molecule has 0 radical (unpaired) electrons. The van der Waals surface area contributed by atoms with Crippen LogP contribution in [0, 0.1) is 5.92 Å². The van der Waals surface area contributed by atoms with Gasteiger partial charge in [0, 0.05) is 23.1 Å². The van der Waals surface area contributed by atoms with E-state index in [0.717, 1.165) is 22.9 Å². The van der Waals surface area contributed by atoms with Gasteiger partial charge in [0.25, 0.3) is 0 Å². The summed E-state index contributed by atoms with van der Waals surface area (Å²) in [5.41, 5.74) is 6.16. The number of hydrogen-bond donors (Lipinski definition) is 1. The first kappa shape index (κ1) is 16.6. The molecule has 24 heavy (non-hydrogen) atoms. The summed E-state index contributed by atoms with van der Waals surface area (Å²) in [6, 6.07) is 7.52. The highest BCUT2D eigenvalue weighted by atomic mass is 79.9. The number of likely N-dealkylation sites (tertiary alicyclic amines) is 1. The summed E-state index contributed by atoms with van der Waals surface area (Å²) >= 11 is 3.37. The van der Waals surface area contributed by atoms with Crippen molar-refractivity contribution in [3.63, 3.8) is 0 Å². The molecular formula is C15H17BrN6O2. The second-order valence-electron chi connectivity index (χ2n) is 5.73. The number of rotatable bonds is 4. The van der Waals surface area contributed by atoms with Crippen LogP contribution in [0.5, 0.6) is 0 Å². The quantitative estimate of drug-likeness (QED) is 0.828. The number of carbonyl (C=O) groups is 2. The molecule has 1 aromatic heterocycles. The van der Waals surface area contributed by atoms with Gasteiger partial charge in [0.05, 0.1) is 5.92 Å². The SMILES string of the molecule is NC(=O)C1CCCN(C(=O)Cn2nnc(-c3ccc(Br)cc3)n2)C1. The molecule has 0 spiro atoms. The van der Waals surface area contributed by atoms with Gasteiger partial charge in [0.2, 0.25) is 17.6 Å². The maximum atomic E-state index is 12.4. The Morgan fingerprint density at radius 3 is 2.75 bits per heavy atom. The maximum absolute atomic E-state index is 12.4. The lowest BCUT2D eigenvalue weighted by molar-refractivity contribution is -0.135. The summed E-state index contributed by atoms with van der Waals surface area (Å²) in [6.45, 7) is 0.980. The Morgan fingerprint density at radius 1 is 1.29 bits per heavy atom. The zero-order chi connectivity index (χ0) is 17.1.